The van der Waals surface area contributed by atoms with Gasteiger partial charge in [-0.05, 0) is 72.5 Å². The van der Waals surface area contributed by atoms with Gasteiger partial charge in [0.15, 0.2) is 11.6 Å². The van der Waals surface area contributed by atoms with Gasteiger partial charge in [0, 0.05) is 28.7 Å². The molecule has 0 saturated carbocycles. The molecule has 258 valence electrons. The molecule has 1 saturated heterocycles. The topological polar surface area (TPSA) is 135 Å². The molecule has 6 heterocycles. The minimum absolute atomic E-state index is 0.0194. The minimum Gasteiger partial charge on any atom is -0.493 e. The molecule has 6 aromatic rings. The van der Waals surface area contributed by atoms with Crippen molar-refractivity contribution in [2.45, 2.75) is 37.8 Å². The van der Waals surface area contributed by atoms with Crippen LogP contribution in [-0.2, 0) is 24.0 Å². The van der Waals surface area contributed by atoms with Crippen molar-refractivity contribution in [2.24, 2.45) is 0 Å². The number of ether oxygens (including phenoxy) is 2. The van der Waals surface area contributed by atoms with E-state index in [9.17, 15) is 18.4 Å². The van der Waals surface area contributed by atoms with Crippen LogP contribution >= 0.6 is 11.3 Å². The number of H-pyrrole nitrogens is 1. The maximum Gasteiger partial charge on any atom is 0.434 e. The second-order valence-electron chi connectivity index (χ2n) is 12.8. The molecule has 0 radical (unpaired) electrons. The number of carbonyl (C=O) groups is 1. The van der Waals surface area contributed by atoms with Crippen molar-refractivity contribution in [1.29, 1.82) is 0 Å². The Kier molecular flexibility index (Phi) is 7.65. The number of nitrogens with one attached hydrogen (secondary N) is 2. The predicted molar refractivity (Wildman–Crippen MR) is 185 cm³/mol. The zero-order valence-electron chi connectivity index (χ0n) is 27.3. The van der Waals surface area contributed by atoms with Crippen LogP contribution in [0.25, 0.3) is 32.0 Å². The number of benzene rings is 2. The highest BCUT2D eigenvalue weighted by Gasteiger charge is 2.44. The maximum atomic E-state index is 14.5. The quantitative estimate of drug-likeness (QED) is 0.184. The number of rotatable bonds is 8. The summed E-state index contributed by atoms with van der Waals surface area (Å²) in [7, 11) is 1.48. The van der Waals surface area contributed by atoms with E-state index in [-0.39, 0.29) is 41.3 Å². The van der Waals surface area contributed by atoms with Crippen LogP contribution in [0.5, 0.6) is 5.75 Å². The number of carbonyl (C=O) groups excluding carboxylic acids is 1. The van der Waals surface area contributed by atoms with Gasteiger partial charge in [0.05, 0.1) is 59.6 Å². The number of pyridine rings is 2. The molecule has 1 amide bonds. The highest BCUT2D eigenvalue weighted by Crippen LogP contribution is 2.49. The molecule has 2 aromatic carbocycles. The number of hydrogen-bond donors (Lipinski definition) is 2. The van der Waals surface area contributed by atoms with Gasteiger partial charge >= 0.3 is 5.76 Å². The van der Waals surface area contributed by atoms with Gasteiger partial charge in [-0.15, -0.1) is 16.4 Å². The zero-order valence-corrected chi connectivity index (χ0v) is 28.1. The summed E-state index contributed by atoms with van der Waals surface area (Å²) in [5, 5.41) is 11.1. The average Bonchev–Trinajstić information content (AvgIpc) is 3.93. The van der Waals surface area contributed by atoms with Gasteiger partial charge in [-0.1, -0.05) is 18.2 Å². The molecule has 2 atom stereocenters. The number of methoxy groups -OCH3 is 1. The molecule has 9 rings (SSSR count). The molecular weight excluding hydrogens is 679 g/mol. The number of aromatic nitrogens is 4. The maximum absolute atomic E-state index is 14.5. The number of anilines is 1. The number of aromatic amines is 1. The number of halogens is 2. The van der Waals surface area contributed by atoms with Crippen LogP contribution in [-0.4, -0.2) is 57.8 Å². The van der Waals surface area contributed by atoms with E-state index in [0.29, 0.717) is 72.9 Å². The van der Waals surface area contributed by atoms with Crippen molar-refractivity contribution in [3.8, 4) is 27.6 Å². The highest BCUT2D eigenvalue weighted by molar-refractivity contribution is 7.23. The second-order valence-corrected chi connectivity index (χ2v) is 13.8. The van der Waals surface area contributed by atoms with Crippen LogP contribution in [0, 0.1) is 11.6 Å². The molecule has 2 N–H and O–H groups in total. The summed E-state index contributed by atoms with van der Waals surface area (Å²) in [5.41, 5.74) is 5.32. The largest absolute Gasteiger partial charge is 0.493 e. The first-order chi connectivity index (χ1) is 24.9. The number of fused-ring (bicyclic) bond motifs is 5. The summed E-state index contributed by atoms with van der Waals surface area (Å²) in [6, 6.07) is 12.9. The van der Waals surface area contributed by atoms with Gasteiger partial charge in [-0.3, -0.25) is 9.78 Å². The molecule has 11 nitrogen and oxygen atoms in total. The normalized spacial score (nSPS) is 17.9. The Morgan fingerprint density at radius 2 is 1.94 bits per heavy atom. The van der Waals surface area contributed by atoms with E-state index in [1.165, 1.54) is 36.6 Å². The molecule has 1 unspecified atom stereocenters. The first-order valence-electron chi connectivity index (χ1n) is 16.6. The standard InChI is InChI=1S/C37H30F2N6O5S/c1-48-32-22-8-11-24(21(22)7-9-23(32)39)42-34-33-19(12-13-40-34)16-27(51-33)29-28(35-43-44-37(47)50-35)25(10-4-18-2-5-20(38)6-3-18)41-31-26-17-49-15-14-45(26)36(46)30(29)31/h2-3,5-7,9,12-13,16,24,26H,4,8,10-11,14-15,17H2,1H3,(H,40,42)(H,44,47)/t24-,26?/m0/s1. The zero-order chi connectivity index (χ0) is 34.8. The third-order valence-corrected chi connectivity index (χ3v) is 11.1. The molecule has 0 bridgehead atoms. The summed E-state index contributed by atoms with van der Waals surface area (Å²) in [6.45, 7) is 1.14. The lowest BCUT2D eigenvalue weighted by atomic mass is 9.93. The van der Waals surface area contributed by atoms with Crippen molar-refractivity contribution in [3.63, 3.8) is 0 Å². The molecule has 14 heteroatoms. The third-order valence-electron chi connectivity index (χ3n) is 9.94. The van der Waals surface area contributed by atoms with Crippen LogP contribution < -0.4 is 15.8 Å². The first kappa shape index (κ1) is 31.5. The van der Waals surface area contributed by atoms with Crippen LogP contribution in [0.15, 0.2) is 63.9 Å². The molecule has 0 spiro atoms. The SMILES string of the molecule is COc1c(F)ccc2c1CC[C@@H]2Nc1nccc2cc(-c3c4c(nc(CCc5ccc(F)cc5)c3-c3n[nH]c(=O)o3)C3COCCN3C4=O)sc12. The van der Waals surface area contributed by atoms with Gasteiger partial charge in [0.2, 0.25) is 0 Å². The number of amides is 1. The minimum atomic E-state index is -0.738. The smallest absolute Gasteiger partial charge is 0.434 e. The lowest BCUT2D eigenvalue weighted by Gasteiger charge is -2.29. The second kappa shape index (κ2) is 12.4. The predicted octanol–water partition coefficient (Wildman–Crippen LogP) is 6.40. The number of hydrogen-bond acceptors (Lipinski definition) is 10. The van der Waals surface area contributed by atoms with E-state index in [2.05, 4.69) is 15.5 Å². The number of aryl methyl sites for hydroxylation is 2. The first-order valence-corrected chi connectivity index (χ1v) is 17.5. The van der Waals surface area contributed by atoms with Crippen molar-refractivity contribution >= 4 is 33.1 Å². The van der Waals surface area contributed by atoms with Crippen LogP contribution in [0.1, 0.15) is 56.9 Å². The molecule has 51 heavy (non-hydrogen) atoms. The highest BCUT2D eigenvalue weighted by atomic mass is 32.1. The van der Waals surface area contributed by atoms with Gasteiger partial charge in [0.25, 0.3) is 11.8 Å². The van der Waals surface area contributed by atoms with Crippen LogP contribution in [0.3, 0.4) is 0 Å². The van der Waals surface area contributed by atoms with Crippen molar-refractivity contribution in [3.05, 3.63) is 111 Å². The van der Waals surface area contributed by atoms with E-state index in [4.69, 9.17) is 23.9 Å². The van der Waals surface area contributed by atoms with Crippen LogP contribution in [0.4, 0.5) is 14.6 Å². The van der Waals surface area contributed by atoms with Crippen molar-refractivity contribution in [2.75, 3.05) is 32.2 Å². The third kappa shape index (κ3) is 5.28. The summed E-state index contributed by atoms with van der Waals surface area (Å²) in [4.78, 5) is 38.9. The van der Waals surface area contributed by atoms with Crippen LogP contribution in [0.2, 0.25) is 0 Å². The summed E-state index contributed by atoms with van der Waals surface area (Å²) in [6.07, 6.45) is 4.02. The average molecular weight is 709 g/mol. The van der Waals surface area contributed by atoms with E-state index in [1.807, 2.05) is 12.1 Å². The fourth-order valence-corrected chi connectivity index (χ4v) is 8.77. The number of thiophene rings is 1. The van der Waals surface area contributed by atoms with E-state index >= 15 is 0 Å². The fourth-order valence-electron chi connectivity index (χ4n) is 7.61. The number of morpholine rings is 1. The summed E-state index contributed by atoms with van der Waals surface area (Å²) >= 11 is 1.45. The summed E-state index contributed by atoms with van der Waals surface area (Å²) < 4.78 is 45.8. The van der Waals surface area contributed by atoms with Crippen molar-refractivity contribution < 1.29 is 27.5 Å². The van der Waals surface area contributed by atoms with E-state index in [0.717, 1.165) is 38.1 Å². The lowest BCUT2D eigenvalue weighted by Crippen LogP contribution is -2.38. The van der Waals surface area contributed by atoms with Crippen molar-refractivity contribution in [1.82, 2.24) is 25.1 Å². The van der Waals surface area contributed by atoms with E-state index in [1.54, 1.807) is 29.3 Å². The molecule has 1 aliphatic carbocycles. The van der Waals surface area contributed by atoms with E-state index < -0.39 is 5.76 Å². The Balaban J connectivity index is 1.20. The Labute approximate surface area is 293 Å². The Hall–Kier alpha value is -5.47. The molecule has 3 aliphatic rings. The lowest BCUT2D eigenvalue weighted by molar-refractivity contribution is 0.00352. The van der Waals surface area contributed by atoms with Gasteiger partial charge in [0.1, 0.15) is 11.6 Å². The summed E-state index contributed by atoms with van der Waals surface area (Å²) in [5.74, 6) is -0.690. The monoisotopic (exact) mass is 708 g/mol. The molecular formula is C37H30F2N6O5S. The van der Waals surface area contributed by atoms with Gasteiger partial charge in [-0.2, -0.15) is 0 Å². The Morgan fingerprint density at radius 3 is 2.75 bits per heavy atom. The molecule has 2 aliphatic heterocycles. The number of nitrogens with zero attached hydrogens (tertiary/aromatic N) is 4. The molecule has 1 fully saturated rings. The fraction of sp³-hybridized carbons (Fsp3) is 0.270. The van der Waals surface area contributed by atoms with Gasteiger partial charge in [-0.25, -0.2) is 23.7 Å². The Morgan fingerprint density at radius 1 is 1.08 bits per heavy atom. The molecule has 4 aromatic heterocycles. The van der Waals surface area contributed by atoms with Gasteiger partial charge < -0.3 is 24.1 Å². The Bertz CT molecular complexity index is 2410.